The molecule has 0 bridgehead atoms. The Bertz CT molecular complexity index is 1200. The Morgan fingerprint density at radius 2 is 1.44 bits per heavy atom. The standard InChI is InChI=1S/C21H13.C5H5.2CH3.2ClH.Si.Zr/c1-2-8-15-14(7-1)13-20-18-11-4-3-9-16(18)17-10-5-6-12-19(17)21(15)20;1-2-4-5-3-1;;;;;;/h1-10,12H,13H2;1-3H,4H2;2*1H3;2*1H;;/q4*-1;;;;. The summed E-state index contributed by atoms with van der Waals surface area (Å²) in [6.45, 7) is 3.06. The molecule has 0 aliphatic heterocycles. The molecule has 0 amide bonds. The fourth-order valence-electron chi connectivity index (χ4n) is 4.07. The topological polar surface area (TPSA) is 0 Å². The normalized spacial score (nSPS) is 11.1. The Balaban J connectivity index is 0.000000772. The van der Waals surface area contributed by atoms with Gasteiger partial charge in [-0.05, 0) is 28.5 Å². The molecule has 0 heterocycles. The maximum atomic E-state index is 3.48. The molecular weight excluding hydrogens is 527 g/mol. The van der Waals surface area contributed by atoms with Gasteiger partial charge in [0.1, 0.15) is 0 Å². The summed E-state index contributed by atoms with van der Waals surface area (Å²) >= 11 is 1.36. The number of rotatable bonds is 0. The number of allylic oxidation sites excluding steroid dienone is 4. The molecule has 0 N–H and O–H groups in total. The van der Waals surface area contributed by atoms with Crippen molar-refractivity contribution in [2.24, 2.45) is 0 Å². The molecule has 0 spiro atoms. The Labute approximate surface area is 222 Å². The molecule has 4 heteroatoms. The zero-order valence-electron chi connectivity index (χ0n) is 18.3. The molecule has 2 radical (unpaired) electrons. The van der Waals surface area contributed by atoms with Crippen LogP contribution in [0.15, 0.2) is 85.0 Å². The van der Waals surface area contributed by atoms with Crippen molar-refractivity contribution in [2.75, 3.05) is 0 Å². The molecule has 4 aromatic carbocycles. The molecule has 0 nitrogen and oxygen atoms in total. The van der Waals surface area contributed by atoms with Crippen LogP contribution in [0.3, 0.4) is 0 Å². The van der Waals surface area contributed by atoms with E-state index in [0.717, 1.165) is 12.8 Å². The molecule has 32 heavy (non-hydrogen) atoms. The molecule has 2 aliphatic carbocycles. The predicted molar refractivity (Wildman–Crippen MR) is 143 cm³/mol. The van der Waals surface area contributed by atoms with Gasteiger partial charge in [0.05, 0.1) is 0 Å². The number of hydrogen-bond acceptors (Lipinski definition) is 0. The minimum Gasteiger partial charge on any atom is -0.147 e. The summed E-state index contributed by atoms with van der Waals surface area (Å²) in [6, 6.07) is 27.3. The fourth-order valence-corrected chi connectivity index (χ4v) is 4.07. The number of benzene rings is 4. The first-order valence-electron chi connectivity index (χ1n) is 9.32. The molecule has 0 atom stereocenters. The largest absolute Gasteiger partial charge is 0.147 e. The van der Waals surface area contributed by atoms with E-state index in [2.05, 4.69) is 85.8 Å². The van der Waals surface area contributed by atoms with Crippen molar-refractivity contribution in [3.63, 3.8) is 0 Å². The van der Waals surface area contributed by atoms with E-state index in [-0.39, 0.29) is 39.7 Å². The number of halogens is 2. The molecule has 6 rings (SSSR count). The van der Waals surface area contributed by atoms with Crippen molar-refractivity contribution in [3.05, 3.63) is 123 Å². The van der Waals surface area contributed by atoms with Crippen LogP contribution in [0.2, 0.25) is 0 Å². The van der Waals surface area contributed by atoms with Crippen LogP contribution in [0.25, 0.3) is 32.7 Å². The molecule has 0 saturated heterocycles. The van der Waals surface area contributed by atoms with Gasteiger partial charge in [-0.2, -0.15) is 6.08 Å². The van der Waals surface area contributed by atoms with Gasteiger partial charge in [-0.25, -0.2) is 12.2 Å². The molecule has 0 fully saturated rings. The minimum atomic E-state index is 0. The molecular formula is C28H26Cl2SiZr-4. The van der Waals surface area contributed by atoms with E-state index in [0.29, 0.717) is 0 Å². The smallest absolute Gasteiger partial charge is 0.0240 e. The maximum absolute atomic E-state index is 3.48. The van der Waals surface area contributed by atoms with Crippen molar-refractivity contribution in [3.8, 4) is 11.1 Å². The average Bonchev–Trinajstić information content (AvgIpc) is 3.47. The second kappa shape index (κ2) is 14.7. The quantitative estimate of drug-likeness (QED) is 0.104. The van der Waals surface area contributed by atoms with Crippen LogP contribution in [-0.2, 0) is 29.8 Å². The van der Waals surface area contributed by atoms with Gasteiger partial charge in [0.15, 0.2) is 0 Å². The van der Waals surface area contributed by atoms with E-state index in [1.165, 1.54) is 67.1 Å². The van der Waals surface area contributed by atoms with Crippen molar-refractivity contribution >= 4 is 53.2 Å². The first-order valence-corrected chi connectivity index (χ1v) is 13.5. The maximum Gasteiger partial charge on any atom is -0.0240 e. The third-order valence-corrected chi connectivity index (χ3v) is 5.19. The van der Waals surface area contributed by atoms with Gasteiger partial charge in [0.25, 0.3) is 0 Å². The monoisotopic (exact) mass is 550 g/mol. The summed E-state index contributed by atoms with van der Waals surface area (Å²) in [5.41, 5.74) is 5.67. The molecule has 0 aromatic heterocycles. The van der Waals surface area contributed by atoms with Crippen LogP contribution in [0.5, 0.6) is 0 Å². The van der Waals surface area contributed by atoms with E-state index >= 15 is 0 Å². The minimum absolute atomic E-state index is 0. The molecule has 0 unspecified atom stereocenters. The van der Waals surface area contributed by atoms with Crippen LogP contribution >= 0.6 is 24.8 Å². The van der Waals surface area contributed by atoms with Gasteiger partial charge in [-0.15, -0.1) is 71.8 Å². The summed E-state index contributed by atoms with van der Waals surface area (Å²) < 4.78 is 0. The third kappa shape index (κ3) is 5.91. The Morgan fingerprint density at radius 1 is 0.781 bits per heavy atom. The van der Waals surface area contributed by atoms with Crippen LogP contribution in [0, 0.1) is 27.0 Å². The fraction of sp³-hybridized carbons (Fsp3) is 0.0714. The Hall–Kier alpha value is -1.44. The first-order chi connectivity index (χ1) is 13.9. The average molecular weight is 553 g/mol. The van der Waals surface area contributed by atoms with E-state index in [1.54, 1.807) is 0 Å². The third-order valence-electron chi connectivity index (χ3n) is 5.19. The van der Waals surface area contributed by atoms with E-state index in [4.69, 9.17) is 0 Å². The van der Waals surface area contributed by atoms with Crippen molar-refractivity contribution < 1.29 is 23.3 Å². The van der Waals surface area contributed by atoms with Gasteiger partial charge >= 0.3 is 30.2 Å². The van der Waals surface area contributed by atoms with Gasteiger partial charge in [0.2, 0.25) is 0 Å². The number of fused-ring (bicyclic) bond motifs is 8. The molecule has 4 aromatic rings. The van der Waals surface area contributed by atoms with Gasteiger partial charge in [0, 0.05) is 0 Å². The van der Waals surface area contributed by atoms with Crippen molar-refractivity contribution in [1.29, 1.82) is 0 Å². The van der Waals surface area contributed by atoms with Gasteiger partial charge in [-0.3, -0.25) is 6.08 Å². The van der Waals surface area contributed by atoms with Gasteiger partial charge < -0.3 is 14.9 Å². The van der Waals surface area contributed by atoms with Crippen LogP contribution in [-0.4, -0.2) is 6.88 Å². The summed E-state index contributed by atoms with van der Waals surface area (Å²) in [5, 5.41) is 5.30. The van der Waals surface area contributed by atoms with Crippen LogP contribution in [0.4, 0.5) is 0 Å². The summed E-state index contributed by atoms with van der Waals surface area (Å²) in [7, 11) is 0. The Morgan fingerprint density at radius 3 is 2.09 bits per heavy atom. The summed E-state index contributed by atoms with van der Waals surface area (Å²) in [4.78, 5) is 0. The summed E-state index contributed by atoms with van der Waals surface area (Å²) in [5.74, 6) is 0. The second-order valence-corrected chi connectivity index (χ2v) is 6.69. The van der Waals surface area contributed by atoms with E-state index in [9.17, 15) is 0 Å². The number of hydrogen-bond donors (Lipinski definition) is 0. The predicted octanol–water partition coefficient (Wildman–Crippen LogP) is 8.03. The van der Waals surface area contributed by atoms with Gasteiger partial charge in [-0.1, -0.05) is 53.9 Å². The molecule has 2 aliphatic rings. The molecule has 0 saturated carbocycles. The molecule has 164 valence electrons. The van der Waals surface area contributed by atoms with Crippen LogP contribution < -0.4 is 0 Å². The Kier molecular flexibility index (Phi) is 14.0. The van der Waals surface area contributed by atoms with E-state index in [1.807, 2.05) is 18.2 Å². The van der Waals surface area contributed by atoms with Crippen LogP contribution in [0.1, 0.15) is 17.5 Å². The summed E-state index contributed by atoms with van der Waals surface area (Å²) in [6.07, 6.45) is 11.0. The second-order valence-electron chi connectivity index (χ2n) is 6.69. The zero-order valence-corrected chi connectivity index (χ0v) is 23.4. The zero-order chi connectivity index (χ0) is 19.3. The SMILES string of the molecule is Cl.Cl.[C-]1=CC=CC1.[CH3-].[CH3-].[Si]=[Zr].[c-]1cccc2c1c1c(c3ccccc32)-c2ccccc2C1. The van der Waals surface area contributed by atoms with Crippen molar-refractivity contribution in [1.82, 2.24) is 0 Å². The van der Waals surface area contributed by atoms with Crippen molar-refractivity contribution in [2.45, 2.75) is 12.8 Å². The van der Waals surface area contributed by atoms with E-state index < -0.39 is 0 Å². The first kappa shape index (κ1) is 30.6.